The molecule has 0 radical (unpaired) electrons. The van der Waals surface area contributed by atoms with Crippen molar-refractivity contribution in [1.82, 2.24) is 0 Å². The minimum Gasteiger partial charge on any atom is -0.471 e. The summed E-state index contributed by atoms with van der Waals surface area (Å²) in [6, 6.07) is 42.9. The third kappa shape index (κ3) is 13.8. The Morgan fingerprint density at radius 1 is 0.600 bits per heavy atom. The van der Waals surface area contributed by atoms with Crippen LogP contribution in [-0.4, -0.2) is 41.8 Å². The van der Waals surface area contributed by atoms with Crippen molar-refractivity contribution in [3.05, 3.63) is 191 Å². The molecule has 0 saturated heterocycles. The molecule has 7 nitrogen and oxygen atoms in total. The Balaban J connectivity index is 1.24. The number of carbonyl (C=O) groups excluding carboxylic acids is 2. The zero-order valence-electron chi connectivity index (χ0n) is 32.0. The molecule has 0 aliphatic carbocycles. The molecule has 0 saturated carbocycles. The number of ether oxygens (including phenoxy) is 2. The maximum Gasteiger partial charge on any atom is 0.348 e. The Morgan fingerprint density at radius 3 is 1.33 bits per heavy atom. The van der Waals surface area contributed by atoms with Crippen LogP contribution in [0.25, 0.3) is 16.0 Å². The molecule has 0 N–H and O–H groups in total. The zero-order chi connectivity index (χ0) is 39.5. The monoisotopic (exact) mass is 764 g/mol. The van der Waals surface area contributed by atoms with Crippen LogP contribution in [0.5, 0.6) is 0 Å². The Morgan fingerprint density at radius 2 is 0.964 bits per heavy atom. The van der Waals surface area contributed by atoms with Gasteiger partial charge in [0.05, 0.1) is 19.8 Å². The van der Waals surface area contributed by atoms with E-state index in [0.717, 1.165) is 45.5 Å². The maximum atomic E-state index is 12.8. The second kappa shape index (κ2) is 21.1. The first-order valence-corrected chi connectivity index (χ1v) is 24.6. The molecule has 0 aliphatic rings. The molecule has 0 aliphatic heterocycles. The molecule has 0 aromatic heterocycles. The fourth-order valence-electron chi connectivity index (χ4n) is 6.15. The van der Waals surface area contributed by atoms with Gasteiger partial charge in [-0.2, -0.15) is 5.26 Å². The molecule has 9 heteroatoms. The molecule has 0 spiro atoms. The number of hydrogen-bond acceptors (Lipinski definition) is 6. The van der Waals surface area contributed by atoms with Crippen molar-refractivity contribution in [2.75, 3.05) is 13.2 Å². The van der Waals surface area contributed by atoms with Gasteiger partial charge in [0.25, 0.3) is 5.70 Å². The molecule has 0 fully saturated rings. The van der Waals surface area contributed by atoms with E-state index in [1.807, 2.05) is 127 Å². The van der Waals surface area contributed by atoms with E-state index in [4.69, 9.17) is 20.2 Å². The van der Waals surface area contributed by atoms with Gasteiger partial charge in [-0.15, -0.1) is 0 Å². The fourth-order valence-corrected chi connectivity index (χ4v) is 14.9. The predicted molar refractivity (Wildman–Crippen MR) is 225 cm³/mol. The van der Waals surface area contributed by atoms with Crippen LogP contribution < -0.4 is 0 Å². The highest BCUT2D eigenvalue weighted by atomic mass is 28.4. The molecule has 4 aromatic carbocycles. The summed E-state index contributed by atoms with van der Waals surface area (Å²) in [6.45, 7) is 16.6. The van der Waals surface area contributed by atoms with Crippen LogP contribution >= 0.6 is 0 Å². The van der Waals surface area contributed by atoms with Gasteiger partial charge in [0.1, 0.15) is 11.6 Å². The summed E-state index contributed by atoms with van der Waals surface area (Å²) < 4.78 is 17.8. The molecule has 4 aromatic rings. The first-order valence-electron chi connectivity index (χ1n) is 18.4. The SMILES string of the molecule is [C-]#[N+]C(=CC=C(c1ccccc1)c1ccccc1)C(=O)OCCC[Si](C)(C)O[Si](C)(C)CCCOC(=O)C(C#N)=CC=C(c1ccccc1)c1ccccc1. The quantitative estimate of drug-likeness (QED) is 0.0191. The van der Waals surface area contributed by atoms with E-state index >= 15 is 0 Å². The number of nitrogens with zero attached hydrogens (tertiary/aromatic N) is 2. The van der Waals surface area contributed by atoms with Crippen molar-refractivity contribution >= 4 is 39.7 Å². The average Bonchev–Trinajstić information content (AvgIpc) is 3.19. The molecular formula is C46H48N2O5Si2. The van der Waals surface area contributed by atoms with E-state index in [1.54, 1.807) is 12.2 Å². The summed E-state index contributed by atoms with van der Waals surface area (Å²) >= 11 is 0. The van der Waals surface area contributed by atoms with Crippen molar-refractivity contribution in [3.63, 3.8) is 0 Å². The summed E-state index contributed by atoms with van der Waals surface area (Å²) in [6.07, 6.45) is 7.88. The van der Waals surface area contributed by atoms with Crippen LogP contribution in [0.2, 0.25) is 38.3 Å². The molecule has 0 amide bonds. The summed E-state index contributed by atoms with van der Waals surface area (Å²) in [5, 5.41) is 9.74. The summed E-state index contributed by atoms with van der Waals surface area (Å²) in [4.78, 5) is 29.1. The van der Waals surface area contributed by atoms with Crippen molar-refractivity contribution in [2.45, 2.75) is 51.1 Å². The van der Waals surface area contributed by atoms with Gasteiger partial charge in [0.15, 0.2) is 16.6 Å². The van der Waals surface area contributed by atoms with Crippen molar-refractivity contribution < 1.29 is 23.2 Å². The van der Waals surface area contributed by atoms with Crippen LogP contribution in [0, 0.1) is 17.9 Å². The standard InChI is InChI=1S/C46H48N2O5Si2/c1-48-44(31-30-43(39-24-14-8-15-25-39)40-26-16-9-17-27-40)46(50)52-33-19-35-55(4,5)53-54(2,3)34-18-32-51-45(49)41(36-47)28-29-42(37-20-10-6-11-21-37)38-22-12-7-13-23-38/h6-17,20-31H,18-19,32-35H2,2-5H3. The molecule has 4 rings (SSSR count). The second-order valence-corrected chi connectivity index (χ2v) is 22.9. The fraction of sp³-hybridized carbons (Fsp3) is 0.217. The Labute approximate surface area is 328 Å². The number of rotatable bonds is 18. The number of allylic oxidation sites excluding steroid dienone is 4. The van der Waals surface area contributed by atoms with Crippen LogP contribution in [0.4, 0.5) is 0 Å². The highest BCUT2D eigenvalue weighted by molar-refractivity contribution is 6.84. The normalized spacial score (nSPS) is 11.7. The van der Waals surface area contributed by atoms with Gasteiger partial charge in [-0.05, 0) is 96.7 Å². The topological polar surface area (TPSA) is 90.0 Å². The van der Waals surface area contributed by atoms with Gasteiger partial charge in [0.2, 0.25) is 0 Å². The molecular weight excluding hydrogens is 717 g/mol. The lowest BCUT2D eigenvalue weighted by Crippen LogP contribution is -2.44. The third-order valence-electron chi connectivity index (χ3n) is 8.70. The minimum absolute atomic E-state index is 0.0639. The van der Waals surface area contributed by atoms with Crippen molar-refractivity contribution in [1.29, 1.82) is 5.26 Å². The molecule has 0 bridgehead atoms. The van der Waals surface area contributed by atoms with E-state index in [0.29, 0.717) is 12.8 Å². The van der Waals surface area contributed by atoms with Gasteiger partial charge < -0.3 is 13.6 Å². The van der Waals surface area contributed by atoms with Crippen molar-refractivity contribution in [3.8, 4) is 6.07 Å². The zero-order valence-corrected chi connectivity index (χ0v) is 34.0. The van der Waals surface area contributed by atoms with Gasteiger partial charge in [-0.25, -0.2) is 9.64 Å². The first kappa shape index (κ1) is 41.9. The second-order valence-electron chi connectivity index (χ2n) is 14.1. The Kier molecular flexibility index (Phi) is 16.1. The highest BCUT2D eigenvalue weighted by Crippen LogP contribution is 2.26. The molecule has 0 heterocycles. The van der Waals surface area contributed by atoms with E-state index in [-0.39, 0.29) is 24.5 Å². The Hall–Kier alpha value is -5.85. The lowest BCUT2D eigenvalue weighted by molar-refractivity contribution is -0.139. The largest absolute Gasteiger partial charge is 0.471 e. The number of benzene rings is 4. The molecule has 55 heavy (non-hydrogen) atoms. The van der Waals surface area contributed by atoms with Gasteiger partial charge in [-0.1, -0.05) is 133 Å². The van der Waals surface area contributed by atoms with Gasteiger partial charge >= 0.3 is 11.9 Å². The molecule has 0 atom stereocenters. The minimum atomic E-state index is -2.12. The predicted octanol–water partition coefficient (Wildman–Crippen LogP) is 10.8. The van der Waals surface area contributed by atoms with Crippen LogP contribution in [0.1, 0.15) is 35.1 Å². The molecule has 0 unspecified atom stereocenters. The summed E-state index contributed by atoms with van der Waals surface area (Å²) in [5.74, 6) is -1.29. The maximum absolute atomic E-state index is 12.8. The Bertz CT molecular complexity index is 1840. The van der Waals surface area contributed by atoms with Crippen molar-refractivity contribution in [2.24, 2.45) is 0 Å². The van der Waals surface area contributed by atoms with Crippen LogP contribution in [0.3, 0.4) is 0 Å². The van der Waals surface area contributed by atoms with Gasteiger partial charge in [0, 0.05) is 0 Å². The first-order chi connectivity index (χ1) is 26.5. The summed E-state index contributed by atoms with van der Waals surface area (Å²) in [7, 11) is -4.23. The average molecular weight is 765 g/mol. The number of carbonyl (C=O) groups is 2. The van der Waals surface area contributed by atoms with E-state index in [1.165, 1.54) is 12.2 Å². The summed E-state index contributed by atoms with van der Waals surface area (Å²) in [5.41, 5.74) is 5.56. The van der Waals surface area contributed by atoms with Gasteiger partial charge in [-0.3, -0.25) is 4.79 Å². The van der Waals surface area contributed by atoms with E-state index < -0.39 is 28.6 Å². The lowest BCUT2D eigenvalue weighted by atomic mass is 9.97. The van der Waals surface area contributed by atoms with Crippen LogP contribution in [0.15, 0.2) is 157 Å². The number of hydrogen-bond donors (Lipinski definition) is 0. The third-order valence-corrected chi connectivity index (χ3v) is 16.2. The highest BCUT2D eigenvalue weighted by Gasteiger charge is 2.32. The van der Waals surface area contributed by atoms with E-state index in [2.05, 4.69) is 31.0 Å². The number of esters is 2. The van der Waals surface area contributed by atoms with Crippen LogP contribution in [-0.2, 0) is 23.2 Å². The molecule has 280 valence electrons. The van der Waals surface area contributed by atoms with E-state index in [9.17, 15) is 14.9 Å². The lowest BCUT2D eigenvalue weighted by Gasteiger charge is -2.34. The number of nitriles is 1. The smallest absolute Gasteiger partial charge is 0.348 e.